The summed E-state index contributed by atoms with van der Waals surface area (Å²) >= 11 is 17.5. The molecule has 0 saturated carbocycles. The van der Waals surface area contributed by atoms with E-state index in [0.717, 1.165) is 0 Å². The average molecular weight is 576 g/mol. The molecule has 1 atom stereocenters. The molecule has 0 fully saturated rings. The first-order chi connectivity index (χ1) is 18.2. The van der Waals surface area contributed by atoms with Crippen molar-refractivity contribution >= 4 is 58.6 Å². The number of carbonyl (C=O) groups is 2. The number of rotatable bonds is 10. The van der Waals surface area contributed by atoms with Crippen molar-refractivity contribution in [3.05, 3.63) is 68.8 Å². The maximum absolute atomic E-state index is 12.7. The molecule has 0 radical (unpaired) electrons. The summed E-state index contributed by atoms with van der Waals surface area (Å²) in [7, 11) is 0. The number of hydrogen-bond donors (Lipinski definition) is 3. The van der Waals surface area contributed by atoms with Crippen molar-refractivity contribution in [1.29, 1.82) is 5.26 Å². The average Bonchev–Trinajstić information content (AvgIpc) is 2.86. The number of carbonyl (C=O) groups excluding carboxylic acids is 2. The molecule has 2 aromatic rings. The molecule has 3 N–H and O–H groups in total. The number of allylic oxidation sites excluding steroid dienone is 1. The smallest absolute Gasteiger partial charge is 0.338 e. The second kappa shape index (κ2) is 13.6. The zero-order valence-electron chi connectivity index (χ0n) is 20.3. The van der Waals surface area contributed by atoms with E-state index in [-0.39, 0.29) is 30.6 Å². The third-order valence-electron chi connectivity index (χ3n) is 5.06. The number of nitriles is 1. The summed E-state index contributed by atoms with van der Waals surface area (Å²) in [6, 6.07) is 11.1. The van der Waals surface area contributed by atoms with E-state index in [0.29, 0.717) is 38.3 Å². The molecule has 198 valence electrons. The number of amides is 1. The van der Waals surface area contributed by atoms with E-state index in [1.807, 2.05) is 6.07 Å². The Morgan fingerprint density at radius 2 is 2.03 bits per heavy atom. The minimum atomic E-state index is -0.653. The van der Waals surface area contributed by atoms with Gasteiger partial charge < -0.3 is 24.8 Å². The lowest BCUT2D eigenvalue weighted by Gasteiger charge is -2.30. The monoisotopic (exact) mass is 575 g/mol. The van der Waals surface area contributed by atoms with Gasteiger partial charge in [-0.05, 0) is 44.3 Å². The minimum absolute atomic E-state index is 0.193. The van der Waals surface area contributed by atoms with Crippen molar-refractivity contribution < 1.29 is 23.8 Å². The zero-order valence-corrected chi connectivity index (χ0v) is 22.7. The second-order valence-electron chi connectivity index (χ2n) is 7.66. The number of nitrogens with zero attached hydrogens (tertiary/aromatic N) is 2. The summed E-state index contributed by atoms with van der Waals surface area (Å²) in [6.07, 6.45) is 1.29. The van der Waals surface area contributed by atoms with Crippen LogP contribution in [0.1, 0.15) is 31.0 Å². The van der Waals surface area contributed by atoms with E-state index in [2.05, 4.69) is 21.2 Å². The molecule has 1 amide bonds. The van der Waals surface area contributed by atoms with Crippen LogP contribution < -0.4 is 25.5 Å². The number of esters is 1. The summed E-state index contributed by atoms with van der Waals surface area (Å²) in [4.78, 5) is 25.1. The molecular formula is C25H23Cl2N5O5S. The summed E-state index contributed by atoms with van der Waals surface area (Å²) < 4.78 is 16.3. The van der Waals surface area contributed by atoms with E-state index in [4.69, 9.17) is 54.9 Å². The summed E-state index contributed by atoms with van der Waals surface area (Å²) in [6.45, 7) is 3.04. The molecule has 1 aliphatic heterocycles. The lowest BCUT2D eigenvalue weighted by atomic mass is 9.95. The van der Waals surface area contributed by atoms with Gasteiger partial charge in [0.15, 0.2) is 18.3 Å². The SMILES string of the molecule is CCOC(=O)C1=C(C)NC(=S)N[C@@H]1c1ccccc1OCC(=O)NN=Cc1cc(Cl)cc(Cl)c1OCC#N. The number of hydrazone groups is 1. The quantitative estimate of drug-likeness (QED) is 0.167. The molecule has 1 aliphatic rings. The predicted molar refractivity (Wildman–Crippen MR) is 146 cm³/mol. The number of thiocarbonyl (C=S) groups is 1. The van der Waals surface area contributed by atoms with Gasteiger partial charge in [0.2, 0.25) is 0 Å². The van der Waals surface area contributed by atoms with Crippen LogP contribution in [0.15, 0.2) is 52.8 Å². The molecule has 0 unspecified atom stereocenters. The molecule has 13 heteroatoms. The van der Waals surface area contributed by atoms with Crippen molar-refractivity contribution in [3.63, 3.8) is 0 Å². The largest absolute Gasteiger partial charge is 0.483 e. The van der Waals surface area contributed by atoms with Crippen LogP contribution in [0, 0.1) is 11.3 Å². The van der Waals surface area contributed by atoms with Gasteiger partial charge in [0, 0.05) is 21.8 Å². The van der Waals surface area contributed by atoms with E-state index < -0.39 is 17.9 Å². The van der Waals surface area contributed by atoms with Gasteiger partial charge in [0.1, 0.15) is 17.6 Å². The van der Waals surface area contributed by atoms with Crippen LogP contribution in [0.3, 0.4) is 0 Å². The second-order valence-corrected chi connectivity index (χ2v) is 8.91. The number of ether oxygens (including phenoxy) is 3. The third kappa shape index (κ3) is 7.35. The van der Waals surface area contributed by atoms with Crippen molar-refractivity contribution in [2.75, 3.05) is 19.8 Å². The number of hydrogen-bond acceptors (Lipinski definition) is 8. The molecule has 0 aliphatic carbocycles. The summed E-state index contributed by atoms with van der Waals surface area (Å²) in [5.41, 5.74) is 4.20. The molecule has 3 rings (SSSR count). The van der Waals surface area contributed by atoms with Gasteiger partial charge in [-0.3, -0.25) is 4.79 Å². The Hall–Kier alpha value is -3.85. The number of nitrogens with one attached hydrogen (secondary N) is 3. The lowest BCUT2D eigenvalue weighted by molar-refractivity contribution is -0.139. The fraction of sp³-hybridized carbons (Fsp3) is 0.240. The van der Waals surface area contributed by atoms with Crippen molar-refractivity contribution in [3.8, 4) is 17.6 Å². The van der Waals surface area contributed by atoms with E-state index in [1.165, 1.54) is 18.3 Å². The number of halogens is 2. The first-order valence-electron chi connectivity index (χ1n) is 11.2. The van der Waals surface area contributed by atoms with Crippen LogP contribution in [0.5, 0.6) is 11.5 Å². The first kappa shape index (κ1) is 28.7. The Balaban J connectivity index is 1.73. The third-order valence-corrected chi connectivity index (χ3v) is 5.78. The van der Waals surface area contributed by atoms with Crippen LogP contribution >= 0.6 is 35.4 Å². The number of para-hydroxylation sites is 1. The molecule has 2 aromatic carbocycles. The van der Waals surface area contributed by atoms with Crippen LogP contribution in [0.2, 0.25) is 10.0 Å². The Labute approximate surface area is 234 Å². The number of benzene rings is 2. The Morgan fingerprint density at radius 1 is 1.26 bits per heavy atom. The van der Waals surface area contributed by atoms with Gasteiger partial charge >= 0.3 is 5.97 Å². The Bertz CT molecular complexity index is 1340. The highest BCUT2D eigenvalue weighted by Crippen LogP contribution is 2.34. The predicted octanol–water partition coefficient (Wildman–Crippen LogP) is 3.78. The maximum Gasteiger partial charge on any atom is 0.338 e. The van der Waals surface area contributed by atoms with Crippen LogP contribution in [0.25, 0.3) is 0 Å². The highest BCUT2D eigenvalue weighted by atomic mass is 35.5. The Kier molecular flexibility index (Phi) is 10.3. The molecular weight excluding hydrogens is 553 g/mol. The van der Waals surface area contributed by atoms with Crippen molar-refractivity contribution in [2.24, 2.45) is 5.10 Å². The van der Waals surface area contributed by atoms with Gasteiger partial charge in [0.05, 0.1) is 29.5 Å². The highest BCUT2D eigenvalue weighted by Gasteiger charge is 2.32. The van der Waals surface area contributed by atoms with Gasteiger partial charge in [0.25, 0.3) is 5.91 Å². The van der Waals surface area contributed by atoms with Crippen LogP contribution in [0.4, 0.5) is 0 Å². The molecule has 0 aromatic heterocycles. The lowest BCUT2D eigenvalue weighted by Crippen LogP contribution is -2.45. The van der Waals surface area contributed by atoms with E-state index in [1.54, 1.807) is 38.1 Å². The van der Waals surface area contributed by atoms with E-state index in [9.17, 15) is 9.59 Å². The van der Waals surface area contributed by atoms with Gasteiger partial charge in [-0.1, -0.05) is 41.4 Å². The summed E-state index contributed by atoms with van der Waals surface area (Å²) in [5.74, 6) is -0.500. The van der Waals surface area contributed by atoms with Crippen molar-refractivity contribution in [1.82, 2.24) is 16.1 Å². The topological polar surface area (TPSA) is 134 Å². The van der Waals surface area contributed by atoms with Gasteiger partial charge in [-0.2, -0.15) is 10.4 Å². The molecule has 1 heterocycles. The van der Waals surface area contributed by atoms with Crippen molar-refractivity contribution in [2.45, 2.75) is 19.9 Å². The van der Waals surface area contributed by atoms with Gasteiger partial charge in [-0.25, -0.2) is 10.2 Å². The standard InChI is InChI=1S/C25H23Cl2N5O5S/c1-3-35-24(34)21-14(2)30-25(38)31-22(21)17-6-4-5-7-19(17)37-13-20(33)32-29-12-15-10-16(26)11-18(27)23(15)36-9-8-28/h4-7,10-12,22H,3,9,13H2,1-2H3,(H,32,33)(H2,30,31,38)/t22-/m1/s1. The molecule has 10 nitrogen and oxygen atoms in total. The fourth-order valence-corrected chi connectivity index (χ4v) is 4.37. The van der Waals surface area contributed by atoms with E-state index >= 15 is 0 Å². The van der Waals surface area contributed by atoms with Gasteiger partial charge in [-0.15, -0.1) is 0 Å². The zero-order chi connectivity index (χ0) is 27.7. The van der Waals surface area contributed by atoms with Crippen LogP contribution in [-0.4, -0.2) is 43.0 Å². The molecule has 0 bridgehead atoms. The first-order valence-corrected chi connectivity index (χ1v) is 12.4. The normalized spacial score (nSPS) is 14.8. The highest BCUT2D eigenvalue weighted by molar-refractivity contribution is 7.80. The fourth-order valence-electron chi connectivity index (χ4n) is 3.54. The molecule has 0 saturated heterocycles. The summed E-state index contributed by atoms with van der Waals surface area (Å²) in [5, 5.41) is 19.5. The maximum atomic E-state index is 12.7. The minimum Gasteiger partial charge on any atom is -0.483 e. The Morgan fingerprint density at radius 3 is 2.76 bits per heavy atom. The molecule has 0 spiro atoms. The van der Waals surface area contributed by atoms with Crippen LogP contribution in [-0.2, 0) is 14.3 Å². The molecule has 38 heavy (non-hydrogen) atoms.